The average Bonchev–Trinajstić information content (AvgIpc) is 2.63. The molecule has 23 heavy (non-hydrogen) atoms. The highest BCUT2D eigenvalue weighted by atomic mass is 16.2. The summed E-state index contributed by atoms with van der Waals surface area (Å²) in [5.41, 5.74) is 2.22. The standard InChI is InChI=1S/C18H16N4O/c23-18(17-12-19-10-11-21-17)22(13-15-6-2-1-3-7-15)14-16-8-4-5-9-20-16/h1-12H,13-14H2. The van der Waals surface area contributed by atoms with Crippen molar-refractivity contribution in [2.24, 2.45) is 0 Å². The van der Waals surface area contributed by atoms with Crippen LogP contribution in [-0.4, -0.2) is 25.8 Å². The Kier molecular flexibility index (Phi) is 4.69. The highest BCUT2D eigenvalue weighted by Gasteiger charge is 2.18. The molecule has 2 aromatic heterocycles. The first-order chi connectivity index (χ1) is 11.3. The van der Waals surface area contributed by atoms with Gasteiger partial charge in [-0.1, -0.05) is 36.4 Å². The quantitative estimate of drug-likeness (QED) is 0.727. The van der Waals surface area contributed by atoms with Gasteiger partial charge in [-0.2, -0.15) is 0 Å². The van der Waals surface area contributed by atoms with Gasteiger partial charge >= 0.3 is 0 Å². The van der Waals surface area contributed by atoms with Crippen LogP contribution in [0.1, 0.15) is 21.7 Å². The number of carbonyl (C=O) groups is 1. The lowest BCUT2D eigenvalue weighted by Crippen LogP contribution is -2.31. The third kappa shape index (κ3) is 3.97. The molecule has 0 aliphatic heterocycles. The van der Waals surface area contributed by atoms with Gasteiger partial charge in [-0.05, 0) is 17.7 Å². The Bertz CT molecular complexity index is 706. The summed E-state index contributed by atoms with van der Waals surface area (Å²) < 4.78 is 0. The first-order valence-electron chi connectivity index (χ1n) is 7.32. The van der Waals surface area contributed by atoms with E-state index in [0.717, 1.165) is 11.3 Å². The summed E-state index contributed by atoms with van der Waals surface area (Å²) in [6.45, 7) is 0.915. The van der Waals surface area contributed by atoms with Crippen molar-refractivity contribution in [3.8, 4) is 0 Å². The lowest BCUT2D eigenvalue weighted by atomic mass is 10.2. The van der Waals surface area contributed by atoms with Gasteiger partial charge in [0.1, 0.15) is 5.69 Å². The third-order valence-electron chi connectivity index (χ3n) is 3.36. The summed E-state index contributed by atoms with van der Waals surface area (Å²) in [7, 11) is 0. The Hall–Kier alpha value is -3.08. The van der Waals surface area contributed by atoms with Crippen LogP contribution < -0.4 is 0 Å². The molecule has 1 aromatic carbocycles. The molecule has 3 aromatic rings. The van der Waals surface area contributed by atoms with E-state index in [9.17, 15) is 4.79 Å². The number of amides is 1. The zero-order valence-electron chi connectivity index (χ0n) is 12.5. The molecule has 1 amide bonds. The highest BCUT2D eigenvalue weighted by molar-refractivity contribution is 5.91. The lowest BCUT2D eigenvalue weighted by Gasteiger charge is -2.22. The Balaban J connectivity index is 1.85. The molecular formula is C18H16N4O. The first kappa shape index (κ1) is 14.8. The van der Waals surface area contributed by atoms with E-state index >= 15 is 0 Å². The molecule has 5 nitrogen and oxygen atoms in total. The number of rotatable bonds is 5. The second-order valence-electron chi connectivity index (χ2n) is 5.06. The van der Waals surface area contributed by atoms with Crippen LogP contribution in [0, 0.1) is 0 Å². The molecular weight excluding hydrogens is 288 g/mol. The SMILES string of the molecule is O=C(c1cnccn1)N(Cc1ccccc1)Cc1ccccn1. The van der Waals surface area contributed by atoms with Crippen molar-refractivity contribution >= 4 is 5.91 Å². The lowest BCUT2D eigenvalue weighted by molar-refractivity contribution is 0.0721. The van der Waals surface area contributed by atoms with Crippen LogP contribution in [0.4, 0.5) is 0 Å². The van der Waals surface area contributed by atoms with Crippen LogP contribution in [0.5, 0.6) is 0 Å². The van der Waals surface area contributed by atoms with E-state index in [1.165, 1.54) is 12.4 Å². The van der Waals surface area contributed by atoms with Crippen molar-refractivity contribution in [1.29, 1.82) is 0 Å². The zero-order valence-corrected chi connectivity index (χ0v) is 12.5. The monoisotopic (exact) mass is 304 g/mol. The van der Waals surface area contributed by atoms with Gasteiger partial charge in [0, 0.05) is 25.1 Å². The van der Waals surface area contributed by atoms with Gasteiger partial charge in [0.2, 0.25) is 0 Å². The summed E-state index contributed by atoms with van der Waals surface area (Å²) in [5, 5.41) is 0. The number of benzene rings is 1. The molecule has 0 bridgehead atoms. The van der Waals surface area contributed by atoms with Gasteiger partial charge in [0.15, 0.2) is 0 Å². The average molecular weight is 304 g/mol. The van der Waals surface area contributed by atoms with Crippen LogP contribution in [-0.2, 0) is 13.1 Å². The van der Waals surface area contributed by atoms with E-state index in [2.05, 4.69) is 15.0 Å². The summed E-state index contributed by atoms with van der Waals surface area (Å²) in [4.78, 5) is 26.9. The maximum Gasteiger partial charge on any atom is 0.274 e. The van der Waals surface area contributed by atoms with Gasteiger partial charge in [-0.15, -0.1) is 0 Å². The molecule has 5 heteroatoms. The fourth-order valence-corrected chi connectivity index (χ4v) is 2.26. The van der Waals surface area contributed by atoms with Crippen LogP contribution >= 0.6 is 0 Å². The molecule has 2 heterocycles. The van der Waals surface area contributed by atoms with Gasteiger partial charge in [0.05, 0.1) is 18.4 Å². The van der Waals surface area contributed by atoms with Crippen molar-refractivity contribution in [3.63, 3.8) is 0 Å². The minimum atomic E-state index is -0.160. The summed E-state index contributed by atoms with van der Waals surface area (Å²) in [5.74, 6) is -0.160. The van der Waals surface area contributed by atoms with E-state index < -0.39 is 0 Å². The highest BCUT2D eigenvalue weighted by Crippen LogP contribution is 2.11. The molecule has 0 N–H and O–H groups in total. The van der Waals surface area contributed by atoms with Gasteiger partial charge in [-0.25, -0.2) is 4.98 Å². The van der Waals surface area contributed by atoms with E-state index in [1.54, 1.807) is 17.3 Å². The topological polar surface area (TPSA) is 59.0 Å². The fraction of sp³-hybridized carbons (Fsp3) is 0.111. The van der Waals surface area contributed by atoms with Crippen LogP contribution in [0.25, 0.3) is 0 Å². The van der Waals surface area contributed by atoms with Gasteiger partial charge in [-0.3, -0.25) is 14.8 Å². The summed E-state index contributed by atoms with van der Waals surface area (Å²) >= 11 is 0. The number of pyridine rings is 1. The largest absolute Gasteiger partial charge is 0.327 e. The van der Waals surface area contributed by atoms with Crippen molar-refractivity contribution in [2.75, 3.05) is 0 Å². The second-order valence-corrected chi connectivity index (χ2v) is 5.06. The molecule has 0 unspecified atom stereocenters. The number of hydrogen-bond acceptors (Lipinski definition) is 4. The summed E-state index contributed by atoms with van der Waals surface area (Å²) in [6.07, 6.45) is 6.29. The predicted molar refractivity (Wildman–Crippen MR) is 86.3 cm³/mol. The van der Waals surface area contributed by atoms with E-state index in [0.29, 0.717) is 18.8 Å². The molecule has 0 saturated carbocycles. The fourth-order valence-electron chi connectivity index (χ4n) is 2.26. The molecule has 114 valence electrons. The molecule has 0 spiro atoms. The Labute approximate surface area is 134 Å². The van der Waals surface area contributed by atoms with Crippen LogP contribution in [0.2, 0.25) is 0 Å². The molecule has 0 aliphatic carbocycles. The molecule has 3 rings (SSSR count). The normalized spacial score (nSPS) is 10.3. The number of aromatic nitrogens is 3. The van der Waals surface area contributed by atoms with Crippen molar-refractivity contribution < 1.29 is 4.79 Å². The van der Waals surface area contributed by atoms with Crippen molar-refractivity contribution in [1.82, 2.24) is 19.9 Å². The van der Waals surface area contributed by atoms with E-state index in [1.807, 2.05) is 48.5 Å². The smallest absolute Gasteiger partial charge is 0.274 e. The molecule has 0 saturated heterocycles. The molecule has 0 fully saturated rings. The number of carbonyl (C=O) groups excluding carboxylic acids is 1. The second kappa shape index (κ2) is 7.26. The predicted octanol–water partition coefficient (Wildman–Crippen LogP) is 2.71. The maximum absolute atomic E-state index is 12.7. The van der Waals surface area contributed by atoms with Crippen LogP contribution in [0.15, 0.2) is 73.3 Å². The van der Waals surface area contributed by atoms with E-state index in [4.69, 9.17) is 0 Å². The zero-order chi connectivity index (χ0) is 15.9. The Morgan fingerprint density at radius 2 is 1.70 bits per heavy atom. The van der Waals surface area contributed by atoms with Gasteiger partial charge in [0.25, 0.3) is 5.91 Å². The maximum atomic E-state index is 12.7. The van der Waals surface area contributed by atoms with Gasteiger partial charge < -0.3 is 4.90 Å². The van der Waals surface area contributed by atoms with Crippen molar-refractivity contribution in [3.05, 3.63) is 90.3 Å². The minimum absolute atomic E-state index is 0.160. The Morgan fingerprint density at radius 3 is 2.39 bits per heavy atom. The van der Waals surface area contributed by atoms with E-state index in [-0.39, 0.29) is 5.91 Å². The third-order valence-corrected chi connectivity index (χ3v) is 3.36. The van der Waals surface area contributed by atoms with Crippen molar-refractivity contribution in [2.45, 2.75) is 13.1 Å². The molecule has 0 radical (unpaired) electrons. The summed E-state index contributed by atoms with van der Waals surface area (Å²) in [6, 6.07) is 15.5. The van der Waals surface area contributed by atoms with Crippen LogP contribution in [0.3, 0.4) is 0 Å². The first-order valence-corrected chi connectivity index (χ1v) is 7.32. The number of nitrogens with zero attached hydrogens (tertiary/aromatic N) is 4. The Morgan fingerprint density at radius 1 is 0.870 bits per heavy atom. The number of hydrogen-bond donors (Lipinski definition) is 0. The molecule has 0 aliphatic rings. The molecule has 0 atom stereocenters. The minimum Gasteiger partial charge on any atom is -0.327 e.